The lowest BCUT2D eigenvalue weighted by Crippen LogP contribution is -2.21. The largest absolute Gasteiger partial charge is 0.349 e. The zero-order chi connectivity index (χ0) is 13.2. The van der Waals surface area contributed by atoms with E-state index in [4.69, 9.17) is 0 Å². The Hall–Kier alpha value is -0.610. The van der Waals surface area contributed by atoms with Crippen LogP contribution in [-0.4, -0.2) is 24.6 Å². The van der Waals surface area contributed by atoms with Crippen LogP contribution >= 0.6 is 11.3 Å². The van der Waals surface area contributed by atoms with Crippen LogP contribution in [0, 0.1) is 0 Å². The molecule has 18 heavy (non-hydrogen) atoms. The van der Waals surface area contributed by atoms with Crippen LogP contribution in [0.5, 0.6) is 0 Å². The molecule has 0 aliphatic heterocycles. The van der Waals surface area contributed by atoms with Crippen molar-refractivity contribution in [2.45, 2.75) is 53.0 Å². The van der Waals surface area contributed by atoms with Crippen molar-refractivity contribution in [2.24, 2.45) is 0 Å². The van der Waals surface area contributed by atoms with Crippen molar-refractivity contribution in [1.82, 2.24) is 10.3 Å². The van der Waals surface area contributed by atoms with E-state index in [0.29, 0.717) is 0 Å². The Bertz CT molecular complexity index is 308. The standard InChI is InChI=1S/C14H27N3S/c1-4-7-8-9-10-15-11-13-12-16-14(18-13)17(5-2)6-3/h12,15H,4-11H2,1-3H3. The molecular formula is C14H27N3S. The van der Waals surface area contributed by atoms with Gasteiger partial charge in [0.2, 0.25) is 0 Å². The van der Waals surface area contributed by atoms with Gasteiger partial charge in [0.1, 0.15) is 0 Å². The van der Waals surface area contributed by atoms with Gasteiger partial charge in [-0.3, -0.25) is 0 Å². The van der Waals surface area contributed by atoms with Gasteiger partial charge in [-0.05, 0) is 26.8 Å². The molecule has 0 saturated heterocycles. The van der Waals surface area contributed by atoms with Crippen molar-refractivity contribution in [2.75, 3.05) is 24.5 Å². The second-order valence-corrected chi connectivity index (χ2v) is 5.61. The molecular weight excluding hydrogens is 242 g/mol. The van der Waals surface area contributed by atoms with Crippen molar-refractivity contribution in [3.8, 4) is 0 Å². The molecule has 0 fully saturated rings. The summed E-state index contributed by atoms with van der Waals surface area (Å²) >= 11 is 1.81. The Labute approximate surface area is 116 Å². The van der Waals surface area contributed by atoms with Gasteiger partial charge in [-0.2, -0.15) is 0 Å². The summed E-state index contributed by atoms with van der Waals surface area (Å²) in [7, 11) is 0. The quantitative estimate of drug-likeness (QED) is 0.657. The SMILES string of the molecule is CCCCCCNCc1cnc(N(CC)CC)s1. The van der Waals surface area contributed by atoms with Crippen molar-refractivity contribution < 1.29 is 0 Å². The summed E-state index contributed by atoms with van der Waals surface area (Å²) in [6, 6.07) is 0. The summed E-state index contributed by atoms with van der Waals surface area (Å²) in [5.41, 5.74) is 0. The highest BCUT2D eigenvalue weighted by atomic mass is 32.1. The van der Waals surface area contributed by atoms with E-state index < -0.39 is 0 Å². The van der Waals surface area contributed by atoms with Crippen molar-refractivity contribution >= 4 is 16.5 Å². The first kappa shape index (κ1) is 15.4. The monoisotopic (exact) mass is 269 g/mol. The van der Waals surface area contributed by atoms with E-state index in [1.165, 1.54) is 30.6 Å². The predicted octanol–water partition coefficient (Wildman–Crippen LogP) is 3.66. The Balaban J connectivity index is 2.23. The number of unbranched alkanes of at least 4 members (excludes halogenated alkanes) is 3. The minimum Gasteiger partial charge on any atom is -0.349 e. The molecule has 0 amide bonds. The maximum absolute atomic E-state index is 4.49. The number of anilines is 1. The van der Waals surface area contributed by atoms with Gasteiger partial charge in [-0.1, -0.05) is 26.2 Å². The van der Waals surface area contributed by atoms with Gasteiger partial charge in [0.25, 0.3) is 0 Å². The summed E-state index contributed by atoms with van der Waals surface area (Å²) in [4.78, 5) is 8.13. The van der Waals surface area contributed by atoms with E-state index in [9.17, 15) is 0 Å². The lowest BCUT2D eigenvalue weighted by molar-refractivity contribution is 0.600. The van der Waals surface area contributed by atoms with Crippen molar-refractivity contribution in [3.63, 3.8) is 0 Å². The molecule has 0 saturated carbocycles. The van der Waals surface area contributed by atoms with Gasteiger partial charge >= 0.3 is 0 Å². The third kappa shape index (κ3) is 5.36. The summed E-state index contributed by atoms with van der Waals surface area (Å²) in [6.07, 6.45) is 7.31. The molecule has 1 rings (SSSR count). The number of rotatable bonds is 10. The van der Waals surface area contributed by atoms with Gasteiger partial charge in [-0.25, -0.2) is 4.98 Å². The lowest BCUT2D eigenvalue weighted by Gasteiger charge is -2.16. The van der Waals surface area contributed by atoms with E-state index >= 15 is 0 Å². The minimum atomic E-state index is 0.963. The Morgan fingerprint density at radius 3 is 2.61 bits per heavy atom. The average Bonchev–Trinajstić information content (AvgIpc) is 2.84. The van der Waals surface area contributed by atoms with Crippen LogP contribution in [0.2, 0.25) is 0 Å². The molecule has 1 aromatic rings. The highest BCUT2D eigenvalue weighted by molar-refractivity contribution is 7.15. The first-order valence-corrected chi connectivity index (χ1v) is 8.03. The van der Waals surface area contributed by atoms with Crippen molar-refractivity contribution in [3.05, 3.63) is 11.1 Å². The number of hydrogen-bond acceptors (Lipinski definition) is 4. The Morgan fingerprint density at radius 1 is 1.17 bits per heavy atom. The third-order valence-corrected chi connectivity index (χ3v) is 4.14. The molecule has 0 aliphatic carbocycles. The van der Waals surface area contributed by atoms with E-state index in [2.05, 4.69) is 36.0 Å². The number of aromatic nitrogens is 1. The topological polar surface area (TPSA) is 28.2 Å². The predicted molar refractivity (Wildman–Crippen MR) is 81.5 cm³/mol. The molecule has 4 heteroatoms. The van der Waals surface area contributed by atoms with Crippen LogP contribution in [0.3, 0.4) is 0 Å². The fourth-order valence-electron chi connectivity index (χ4n) is 1.91. The highest BCUT2D eigenvalue weighted by Gasteiger charge is 2.06. The molecule has 1 aromatic heterocycles. The molecule has 0 atom stereocenters. The van der Waals surface area contributed by atoms with Crippen LogP contribution in [0.4, 0.5) is 5.13 Å². The lowest BCUT2D eigenvalue weighted by atomic mass is 10.2. The van der Waals surface area contributed by atoms with E-state index in [-0.39, 0.29) is 0 Å². The maximum Gasteiger partial charge on any atom is 0.185 e. The van der Waals surface area contributed by atoms with Gasteiger partial charge < -0.3 is 10.2 Å². The van der Waals surface area contributed by atoms with E-state index in [0.717, 1.165) is 31.3 Å². The molecule has 104 valence electrons. The summed E-state index contributed by atoms with van der Waals surface area (Å²) in [5, 5.41) is 4.66. The van der Waals surface area contributed by atoms with Gasteiger partial charge in [0.05, 0.1) is 0 Å². The molecule has 0 bridgehead atoms. The van der Waals surface area contributed by atoms with Crippen molar-refractivity contribution in [1.29, 1.82) is 0 Å². The molecule has 0 spiro atoms. The molecule has 0 aliphatic rings. The van der Waals surface area contributed by atoms with Crippen LogP contribution < -0.4 is 10.2 Å². The number of nitrogens with one attached hydrogen (secondary N) is 1. The molecule has 0 radical (unpaired) electrons. The fraction of sp³-hybridized carbons (Fsp3) is 0.786. The first-order chi connectivity index (χ1) is 8.81. The van der Waals surface area contributed by atoms with Crippen LogP contribution in [0.15, 0.2) is 6.20 Å². The maximum atomic E-state index is 4.49. The second kappa shape index (κ2) is 9.34. The van der Waals surface area contributed by atoms with Gasteiger partial charge in [0, 0.05) is 30.7 Å². The number of nitrogens with zero attached hydrogens (tertiary/aromatic N) is 2. The van der Waals surface area contributed by atoms with Crippen LogP contribution in [0.25, 0.3) is 0 Å². The van der Waals surface area contributed by atoms with Crippen LogP contribution in [0.1, 0.15) is 51.3 Å². The molecule has 1 heterocycles. The summed E-state index contributed by atoms with van der Waals surface area (Å²) < 4.78 is 0. The normalized spacial score (nSPS) is 10.8. The smallest absolute Gasteiger partial charge is 0.185 e. The second-order valence-electron chi connectivity index (χ2n) is 4.52. The molecule has 0 aromatic carbocycles. The molecule has 0 unspecified atom stereocenters. The average molecular weight is 269 g/mol. The minimum absolute atomic E-state index is 0.963. The number of thiazole rings is 1. The zero-order valence-electron chi connectivity index (χ0n) is 12.0. The molecule has 3 nitrogen and oxygen atoms in total. The zero-order valence-corrected chi connectivity index (χ0v) is 12.9. The van der Waals surface area contributed by atoms with Crippen LogP contribution in [-0.2, 0) is 6.54 Å². The molecule has 1 N–H and O–H groups in total. The highest BCUT2D eigenvalue weighted by Crippen LogP contribution is 2.21. The van der Waals surface area contributed by atoms with E-state index in [1.54, 1.807) is 0 Å². The summed E-state index contributed by atoms with van der Waals surface area (Å²) in [6.45, 7) is 10.8. The number of hydrogen-bond donors (Lipinski definition) is 1. The Kier molecular flexibility index (Phi) is 8.01. The Morgan fingerprint density at radius 2 is 1.94 bits per heavy atom. The van der Waals surface area contributed by atoms with Gasteiger partial charge in [0.15, 0.2) is 5.13 Å². The summed E-state index contributed by atoms with van der Waals surface area (Å²) in [5.74, 6) is 0. The van der Waals surface area contributed by atoms with Gasteiger partial charge in [-0.15, -0.1) is 11.3 Å². The fourth-order valence-corrected chi connectivity index (χ4v) is 2.91. The third-order valence-electron chi connectivity index (χ3n) is 3.08. The van der Waals surface area contributed by atoms with E-state index in [1.807, 2.05) is 17.5 Å². The first-order valence-electron chi connectivity index (χ1n) is 7.22.